The molecule has 2 rings (SSSR count). The lowest BCUT2D eigenvalue weighted by Crippen LogP contribution is -2.23. The second-order valence-corrected chi connectivity index (χ2v) is 4.21. The van der Waals surface area contributed by atoms with E-state index in [2.05, 4.69) is 0 Å². The second kappa shape index (κ2) is 2.69. The molecule has 4 nitrogen and oxygen atoms in total. The average Bonchev–Trinajstić information content (AvgIpc) is 2.71. The van der Waals surface area contributed by atoms with Crippen molar-refractivity contribution in [2.45, 2.75) is 32.2 Å². The molecule has 1 saturated heterocycles. The maximum Gasteiger partial charge on any atom is 0.306 e. The lowest BCUT2D eigenvalue weighted by Gasteiger charge is -2.16. The normalized spacial score (nSPS) is 41.8. The molecule has 1 heterocycles. The zero-order valence-corrected chi connectivity index (χ0v) is 7.82. The maximum atomic E-state index is 10.6. The van der Waals surface area contributed by atoms with Gasteiger partial charge >= 0.3 is 5.97 Å². The van der Waals surface area contributed by atoms with Gasteiger partial charge in [-0.15, -0.1) is 0 Å². The minimum atomic E-state index is -0.710. The molecule has 0 amide bonds. The summed E-state index contributed by atoms with van der Waals surface area (Å²) >= 11 is 0. The quantitative estimate of drug-likeness (QED) is 0.694. The fourth-order valence-corrected chi connectivity index (χ4v) is 1.84. The van der Waals surface area contributed by atoms with Crippen LogP contribution < -0.4 is 0 Å². The molecule has 13 heavy (non-hydrogen) atoms. The minimum Gasteiger partial charge on any atom is -0.481 e. The Kier molecular flexibility index (Phi) is 1.85. The van der Waals surface area contributed by atoms with E-state index in [-0.39, 0.29) is 17.9 Å². The lowest BCUT2D eigenvalue weighted by atomic mass is 10.2. The number of rotatable bonds is 2. The molecule has 1 aliphatic carbocycles. The molecule has 0 aromatic carbocycles. The van der Waals surface area contributed by atoms with Gasteiger partial charge in [-0.25, -0.2) is 0 Å². The van der Waals surface area contributed by atoms with Crippen LogP contribution in [0.1, 0.15) is 20.3 Å². The Morgan fingerprint density at radius 2 is 2.23 bits per heavy atom. The Balaban J connectivity index is 1.89. The van der Waals surface area contributed by atoms with Gasteiger partial charge in [0.05, 0.1) is 18.6 Å². The monoisotopic (exact) mass is 186 g/mol. The third kappa shape index (κ3) is 1.69. The molecular weight excluding hydrogens is 172 g/mol. The molecule has 1 saturated carbocycles. The molecule has 0 radical (unpaired) electrons. The van der Waals surface area contributed by atoms with Crippen molar-refractivity contribution >= 4 is 5.97 Å². The second-order valence-electron chi connectivity index (χ2n) is 4.21. The highest BCUT2D eigenvalue weighted by molar-refractivity contribution is 5.73. The molecule has 0 bridgehead atoms. The van der Waals surface area contributed by atoms with Crippen molar-refractivity contribution in [2.75, 3.05) is 6.61 Å². The van der Waals surface area contributed by atoms with Crippen LogP contribution in [-0.2, 0) is 14.3 Å². The summed E-state index contributed by atoms with van der Waals surface area (Å²) in [5, 5.41) is 8.72. The van der Waals surface area contributed by atoms with Crippen molar-refractivity contribution in [3.8, 4) is 0 Å². The molecule has 1 N–H and O–H groups in total. The van der Waals surface area contributed by atoms with E-state index in [1.165, 1.54) is 0 Å². The summed E-state index contributed by atoms with van der Waals surface area (Å²) < 4.78 is 10.9. The number of carboxylic acids is 1. The van der Waals surface area contributed by atoms with Crippen LogP contribution in [0.15, 0.2) is 0 Å². The largest absolute Gasteiger partial charge is 0.481 e. The fourth-order valence-electron chi connectivity index (χ4n) is 1.84. The molecule has 2 aliphatic rings. The number of aliphatic carboxylic acids is 1. The van der Waals surface area contributed by atoms with Gasteiger partial charge in [0.25, 0.3) is 0 Å². The van der Waals surface area contributed by atoms with Crippen molar-refractivity contribution in [3.63, 3.8) is 0 Å². The van der Waals surface area contributed by atoms with Gasteiger partial charge in [0.1, 0.15) is 0 Å². The Bertz CT molecular complexity index is 236. The third-order valence-electron chi connectivity index (χ3n) is 2.66. The highest BCUT2D eigenvalue weighted by Crippen LogP contribution is 2.45. The number of ether oxygens (including phenoxy) is 2. The van der Waals surface area contributed by atoms with E-state index < -0.39 is 11.8 Å². The van der Waals surface area contributed by atoms with E-state index in [9.17, 15) is 4.79 Å². The molecule has 0 aromatic heterocycles. The lowest BCUT2D eigenvalue weighted by molar-refractivity contribution is -0.145. The van der Waals surface area contributed by atoms with Gasteiger partial charge in [-0.3, -0.25) is 4.79 Å². The number of hydrogen-bond donors (Lipinski definition) is 1. The van der Waals surface area contributed by atoms with E-state index in [1.807, 2.05) is 13.8 Å². The highest BCUT2D eigenvalue weighted by atomic mass is 16.7. The van der Waals surface area contributed by atoms with Crippen molar-refractivity contribution < 1.29 is 19.4 Å². The van der Waals surface area contributed by atoms with E-state index in [4.69, 9.17) is 14.6 Å². The predicted octanol–water partition coefficient (Wildman–Crippen LogP) is 0.859. The zero-order chi connectivity index (χ0) is 9.64. The zero-order valence-electron chi connectivity index (χ0n) is 7.82. The Morgan fingerprint density at radius 1 is 1.54 bits per heavy atom. The van der Waals surface area contributed by atoms with E-state index in [0.29, 0.717) is 6.61 Å². The predicted molar refractivity (Wildman–Crippen MR) is 44.1 cm³/mol. The van der Waals surface area contributed by atoms with Crippen LogP contribution in [0.2, 0.25) is 0 Å². The SMILES string of the molecule is CC1(C)OC[C@H]([C@H]2C[C@@H]2C(=O)O)O1. The van der Waals surface area contributed by atoms with Crippen LogP contribution in [0, 0.1) is 11.8 Å². The minimum absolute atomic E-state index is 0.0175. The summed E-state index contributed by atoms with van der Waals surface area (Å²) in [6.45, 7) is 4.23. The smallest absolute Gasteiger partial charge is 0.306 e. The molecule has 74 valence electrons. The van der Waals surface area contributed by atoms with Crippen LogP contribution in [-0.4, -0.2) is 29.6 Å². The summed E-state index contributed by atoms with van der Waals surface area (Å²) in [6.07, 6.45) is 0.718. The van der Waals surface area contributed by atoms with Gasteiger partial charge in [-0.1, -0.05) is 0 Å². The van der Waals surface area contributed by atoms with E-state index in [0.717, 1.165) is 6.42 Å². The summed E-state index contributed by atoms with van der Waals surface area (Å²) in [5.74, 6) is -1.28. The van der Waals surface area contributed by atoms with Gasteiger partial charge < -0.3 is 14.6 Å². The highest BCUT2D eigenvalue weighted by Gasteiger charge is 2.52. The van der Waals surface area contributed by atoms with E-state index >= 15 is 0 Å². The summed E-state index contributed by atoms with van der Waals surface area (Å²) in [7, 11) is 0. The number of carboxylic acid groups (broad SMARTS) is 1. The Morgan fingerprint density at radius 3 is 2.62 bits per heavy atom. The molecule has 4 heteroatoms. The van der Waals surface area contributed by atoms with Gasteiger partial charge in [0.15, 0.2) is 5.79 Å². The molecule has 0 unspecified atom stereocenters. The van der Waals surface area contributed by atoms with Crippen LogP contribution in [0.3, 0.4) is 0 Å². The average molecular weight is 186 g/mol. The van der Waals surface area contributed by atoms with Crippen molar-refractivity contribution in [2.24, 2.45) is 11.8 Å². The van der Waals surface area contributed by atoms with E-state index in [1.54, 1.807) is 0 Å². The van der Waals surface area contributed by atoms with Gasteiger partial charge in [0, 0.05) is 5.92 Å². The molecular formula is C9H14O4. The van der Waals surface area contributed by atoms with Gasteiger partial charge in [-0.2, -0.15) is 0 Å². The van der Waals surface area contributed by atoms with Gasteiger partial charge in [-0.05, 0) is 20.3 Å². The third-order valence-corrected chi connectivity index (χ3v) is 2.66. The van der Waals surface area contributed by atoms with Crippen molar-refractivity contribution in [1.82, 2.24) is 0 Å². The van der Waals surface area contributed by atoms with Crippen LogP contribution in [0.4, 0.5) is 0 Å². The fraction of sp³-hybridized carbons (Fsp3) is 0.889. The first-order chi connectivity index (χ1) is 5.99. The molecule has 2 fully saturated rings. The van der Waals surface area contributed by atoms with Crippen LogP contribution >= 0.6 is 0 Å². The number of carbonyl (C=O) groups is 1. The first-order valence-electron chi connectivity index (χ1n) is 4.54. The molecule has 0 aromatic rings. The first-order valence-corrected chi connectivity index (χ1v) is 4.54. The van der Waals surface area contributed by atoms with Crippen LogP contribution in [0.25, 0.3) is 0 Å². The molecule has 0 spiro atoms. The summed E-state index contributed by atoms with van der Waals surface area (Å²) in [4.78, 5) is 10.6. The van der Waals surface area contributed by atoms with Crippen molar-refractivity contribution in [1.29, 1.82) is 0 Å². The Hall–Kier alpha value is -0.610. The number of hydrogen-bond acceptors (Lipinski definition) is 3. The van der Waals surface area contributed by atoms with Crippen molar-refractivity contribution in [3.05, 3.63) is 0 Å². The van der Waals surface area contributed by atoms with Crippen LogP contribution in [0.5, 0.6) is 0 Å². The Labute approximate surface area is 76.8 Å². The molecule has 1 aliphatic heterocycles. The molecule has 3 atom stereocenters. The standard InChI is InChI=1S/C9H14O4/c1-9(2)12-4-7(13-9)5-3-6(5)8(10)11/h5-7H,3-4H2,1-2H3,(H,10,11)/t5-,6-,7+/m0/s1. The maximum absolute atomic E-state index is 10.6. The topological polar surface area (TPSA) is 55.8 Å². The van der Waals surface area contributed by atoms with Gasteiger partial charge in [0.2, 0.25) is 0 Å². The summed E-state index contributed by atoms with van der Waals surface area (Å²) in [5.41, 5.74) is 0. The summed E-state index contributed by atoms with van der Waals surface area (Å²) in [6, 6.07) is 0. The first kappa shape index (κ1) is 8.97.